The summed E-state index contributed by atoms with van der Waals surface area (Å²) in [7, 11) is 0. The van der Waals surface area contributed by atoms with Crippen LogP contribution in [0, 0.1) is 5.92 Å². The van der Waals surface area contributed by atoms with Crippen molar-refractivity contribution in [3.63, 3.8) is 0 Å². The minimum atomic E-state index is -0.177. The summed E-state index contributed by atoms with van der Waals surface area (Å²) in [5, 5.41) is 3.37. The predicted octanol–water partition coefficient (Wildman–Crippen LogP) is 0.857. The summed E-state index contributed by atoms with van der Waals surface area (Å²) >= 11 is 0. The molecular weight excluding hydrogens is 226 g/mol. The topological polar surface area (TPSA) is 58.4 Å². The van der Waals surface area contributed by atoms with E-state index in [0.29, 0.717) is 6.04 Å². The molecule has 0 aliphatic heterocycles. The summed E-state index contributed by atoms with van der Waals surface area (Å²) in [6.07, 6.45) is 8.81. The van der Waals surface area contributed by atoms with E-state index < -0.39 is 0 Å². The maximum absolute atomic E-state index is 11.4. The average molecular weight is 251 g/mol. The first-order valence-electron chi connectivity index (χ1n) is 7.52. The van der Waals surface area contributed by atoms with E-state index in [-0.39, 0.29) is 11.9 Å². The van der Waals surface area contributed by atoms with Crippen molar-refractivity contribution in [2.75, 3.05) is 13.1 Å². The van der Waals surface area contributed by atoms with Crippen LogP contribution in [0.3, 0.4) is 0 Å². The van der Waals surface area contributed by atoms with Gasteiger partial charge in [0.25, 0.3) is 0 Å². The third kappa shape index (κ3) is 3.69. The van der Waals surface area contributed by atoms with Gasteiger partial charge in [-0.25, -0.2) is 0 Å². The minimum absolute atomic E-state index is 0.113. The quantitative estimate of drug-likeness (QED) is 0.639. The van der Waals surface area contributed by atoms with Crippen LogP contribution in [0.25, 0.3) is 0 Å². The third-order valence-corrected chi connectivity index (χ3v) is 4.32. The molecule has 102 valence electrons. The van der Waals surface area contributed by atoms with Gasteiger partial charge < -0.3 is 16.0 Å². The van der Waals surface area contributed by atoms with Gasteiger partial charge >= 0.3 is 0 Å². The van der Waals surface area contributed by atoms with E-state index >= 15 is 0 Å². The monoisotopic (exact) mass is 251 g/mol. The molecule has 3 aliphatic rings. The lowest BCUT2D eigenvalue weighted by Gasteiger charge is -2.24. The lowest BCUT2D eigenvalue weighted by Crippen LogP contribution is -2.45. The summed E-state index contributed by atoms with van der Waals surface area (Å²) in [4.78, 5) is 14.0. The number of nitrogens with zero attached hydrogens (tertiary/aromatic N) is 1. The molecule has 0 radical (unpaired) electrons. The summed E-state index contributed by atoms with van der Waals surface area (Å²) in [6.45, 7) is 2.29. The number of carbonyl (C=O) groups is 1. The fourth-order valence-electron chi connectivity index (χ4n) is 2.63. The zero-order valence-electron chi connectivity index (χ0n) is 11.1. The van der Waals surface area contributed by atoms with Crippen LogP contribution in [-0.2, 0) is 4.79 Å². The van der Waals surface area contributed by atoms with E-state index in [1.165, 1.54) is 45.1 Å². The van der Waals surface area contributed by atoms with Crippen LogP contribution in [-0.4, -0.2) is 42.0 Å². The normalized spacial score (nSPS) is 25.4. The number of hydrogen-bond donors (Lipinski definition) is 2. The highest BCUT2D eigenvalue weighted by Gasteiger charge is 2.34. The fourth-order valence-corrected chi connectivity index (χ4v) is 2.63. The van der Waals surface area contributed by atoms with E-state index in [1.807, 2.05) is 0 Å². The zero-order valence-corrected chi connectivity index (χ0v) is 11.1. The molecule has 0 aromatic carbocycles. The zero-order chi connectivity index (χ0) is 12.5. The Morgan fingerprint density at radius 2 is 1.94 bits per heavy atom. The molecule has 3 aliphatic carbocycles. The highest BCUT2D eigenvalue weighted by atomic mass is 16.1. The molecule has 0 saturated heterocycles. The second-order valence-electron chi connectivity index (χ2n) is 6.35. The molecule has 1 atom stereocenters. The molecule has 4 heteroatoms. The van der Waals surface area contributed by atoms with Crippen LogP contribution >= 0.6 is 0 Å². The largest absolute Gasteiger partial charge is 0.368 e. The summed E-state index contributed by atoms with van der Waals surface area (Å²) in [6, 6.07) is 1.25. The van der Waals surface area contributed by atoms with Gasteiger partial charge in [-0.05, 0) is 50.9 Å². The van der Waals surface area contributed by atoms with Gasteiger partial charge in [-0.3, -0.25) is 4.79 Å². The first kappa shape index (κ1) is 12.4. The van der Waals surface area contributed by atoms with E-state index in [2.05, 4.69) is 10.2 Å². The average Bonchev–Trinajstić information content (AvgIpc) is 3.17. The lowest BCUT2D eigenvalue weighted by molar-refractivity contribution is -0.120. The second-order valence-corrected chi connectivity index (χ2v) is 6.35. The van der Waals surface area contributed by atoms with Gasteiger partial charge in [-0.15, -0.1) is 0 Å². The Bertz CT molecular complexity index is 308. The Morgan fingerprint density at radius 1 is 1.22 bits per heavy atom. The Morgan fingerprint density at radius 3 is 2.44 bits per heavy atom. The SMILES string of the molecule is NC(=O)C(CCN(CC1CC1)C1CC1)NC1CC1. The van der Waals surface area contributed by atoms with Gasteiger partial charge in [-0.2, -0.15) is 0 Å². The van der Waals surface area contributed by atoms with Crippen molar-refractivity contribution in [2.24, 2.45) is 11.7 Å². The molecule has 0 bridgehead atoms. The number of rotatable bonds is 9. The number of amides is 1. The maximum Gasteiger partial charge on any atom is 0.234 e. The molecule has 4 nitrogen and oxygen atoms in total. The molecule has 3 saturated carbocycles. The molecule has 1 unspecified atom stereocenters. The van der Waals surface area contributed by atoms with Crippen LogP contribution in [0.2, 0.25) is 0 Å². The molecule has 3 N–H and O–H groups in total. The van der Waals surface area contributed by atoms with E-state index in [4.69, 9.17) is 5.73 Å². The van der Waals surface area contributed by atoms with Gasteiger partial charge in [0, 0.05) is 25.2 Å². The first-order valence-corrected chi connectivity index (χ1v) is 7.52. The predicted molar refractivity (Wildman–Crippen MR) is 71.1 cm³/mol. The highest BCUT2D eigenvalue weighted by Crippen LogP contribution is 2.34. The number of primary amides is 1. The van der Waals surface area contributed by atoms with Crippen molar-refractivity contribution in [3.8, 4) is 0 Å². The Kier molecular flexibility index (Phi) is 3.57. The molecule has 3 fully saturated rings. The smallest absolute Gasteiger partial charge is 0.234 e. The number of nitrogens with one attached hydrogen (secondary N) is 1. The van der Waals surface area contributed by atoms with Crippen LogP contribution in [0.15, 0.2) is 0 Å². The Labute approximate surface area is 109 Å². The van der Waals surface area contributed by atoms with E-state index in [0.717, 1.165) is 24.9 Å². The summed E-state index contributed by atoms with van der Waals surface area (Å²) in [5.41, 5.74) is 5.48. The standard InChI is InChI=1S/C14H25N3O/c15-14(18)13(16-11-3-4-11)7-8-17(12-5-6-12)9-10-1-2-10/h10-13,16H,1-9H2,(H2,15,18). The second kappa shape index (κ2) is 5.17. The van der Waals surface area contributed by atoms with Crippen LogP contribution in [0.5, 0.6) is 0 Å². The van der Waals surface area contributed by atoms with E-state index in [1.54, 1.807) is 0 Å². The summed E-state index contributed by atoms with van der Waals surface area (Å²) in [5.74, 6) is 0.762. The van der Waals surface area contributed by atoms with Crippen molar-refractivity contribution < 1.29 is 4.79 Å². The Hall–Kier alpha value is -0.610. The Balaban J connectivity index is 1.44. The van der Waals surface area contributed by atoms with Gasteiger partial charge in [0.15, 0.2) is 0 Å². The first-order chi connectivity index (χ1) is 8.72. The van der Waals surface area contributed by atoms with Crippen LogP contribution in [0.4, 0.5) is 0 Å². The minimum Gasteiger partial charge on any atom is -0.368 e. The van der Waals surface area contributed by atoms with Crippen molar-refractivity contribution >= 4 is 5.91 Å². The van der Waals surface area contributed by atoms with Crippen molar-refractivity contribution in [1.82, 2.24) is 10.2 Å². The molecule has 3 rings (SSSR count). The van der Waals surface area contributed by atoms with Gasteiger partial charge in [0.2, 0.25) is 5.91 Å². The van der Waals surface area contributed by atoms with E-state index in [9.17, 15) is 4.79 Å². The molecular formula is C14H25N3O. The lowest BCUT2D eigenvalue weighted by atomic mass is 10.1. The number of hydrogen-bond acceptors (Lipinski definition) is 3. The molecule has 0 aromatic heterocycles. The van der Waals surface area contributed by atoms with Gasteiger partial charge in [-0.1, -0.05) is 0 Å². The molecule has 0 spiro atoms. The fraction of sp³-hybridized carbons (Fsp3) is 0.929. The third-order valence-electron chi connectivity index (χ3n) is 4.32. The molecule has 0 heterocycles. The molecule has 0 aromatic rings. The van der Waals surface area contributed by atoms with Gasteiger partial charge in [0.05, 0.1) is 6.04 Å². The maximum atomic E-state index is 11.4. The molecule has 1 amide bonds. The molecule has 18 heavy (non-hydrogen) atoms. The summed E-state index contributed by atoms with van der Waals surface area (Å²) < 4.78 is 0. The van der Waals surface area contributed by atoms with Crippen molar-refractivity contribution in [1.29, 1.82) is 0 Å². The number of nitrogens with two attached hydrogens (primary N) is 1. The van der Waals surface area contributed by atoms with Crippen molar-refractivity contribution in [2.45, 2.75) is 63.1 Å². The van der Waals surface area contributed by atoms with Gasteiger partial charge in [0.1, 0.15) is 0 Å². The van der Waals surface area contributed by atoms with Crippen molar-refractivity contribution in [3.05, 3.63) is 0 Å². The number of carbonyl (C=O) groups excluding carboxylic acids is 1. The van der Waals surface area contributed by atoms with Crippen LogP contribution in [0.1, 0.15) is 44.9 Å². The highest BCUT2D eigenvalue weighted by molar-refractivity contribution is 5.79. The van der Waals surface area contributed by atoms with Crippen LogP contribution < -0.4 is 11.1 Å².